The van der Waals surface area contributed by atoms with E-state index in [1.165, 1.54) is 41.3 Å². The third-order valence-electron chi connectivity index (χ3n) is 6.43. The number of ether oxygens (including phenoxy) is 2. The van der Waals surface area contributed by atoms with Crippen molar-refractivity contribution in [3.8, 4) is 0 Å². The second kappa shape index (κ2) is 18.0. The van der Waals surface area contributed by atoms with Crippen LogP contribution in [0.1, 0.15) is 33.3 Å². The Labute approximate surface area is 276 Å². The number of sulfonamides is 1. The molecule has 0 spiro atoms. The lowest BCUT2D eigenvalue weighted by Crippen LogP contribution is -2.59. The van der Waals surface area contributed by atoms with Crippen LogP contribution in [0, 0.1) is 10.1 Å². The molecule has 0 aromatic heterocycles. The van der Waals surface area contributed by atoms with Crippen molar-refractivity contribution in [3.05, 3.63) is 68.2 Å². The lowest BCUT2D eigenvalue weighted by molar-refractivity contribution is -0.384. The highest BCUT2D eigenvalue weighted by Gasteiger charge is 2.33. The van der Waals surface area contributed by atoms with Crippen LogP contribution in [0.5, 0.6) is 0 Å². The van der Waals surface area contributed by atoms with Crippen LogP contribution in [0.25, 0.3) is 0 Å². The molecule has 0 saturated heterocycles. The second-order valence-electron chi connectivity index (χ2n) is 10.0. The first-order valence-electron chi connectivity index (χ1n) is 14.1. The molecule has 0 bridgehead atoms. The second-order valence-corrected chi connectivity index (χ2v) is 12.6. The van der Waals surface area contributed by atoms with Gasteiger partial charge in [-0.25, -0.2) is 17.9 Å². The van der Waals surface area contributed by atoms with Gasteiger partial charge in [0.05, 0.1) is 16.5 Å². The molecule has 0 aliphatic rings. The van der Waals surface area contributed by atoms with Crippen LogP contribution in [0.3, 0.4) is 0 Å². The van der Waals surface area contributed by atoms with E-state index < -0.39 is 63.8 Å². The Morgan fingerprint density at radius 3 is 2.11 bits per heavy atom. The summed E-state index contributed by atoms with van der Waals surface area (Å²) in [6.45, 7) is 6.84. The van der Waals surface area contributed by atoms with Gasteiger partial charge in [0.2, 0.25) is 21.8 Å². The van der Waals surface area contributed by atoms with Crippen LogP contribution in [-0.2, 0) is 35.5 Å². The number of amides is 3. The van der Waals surface area contributed by atoms with E-state index in [1.807, 2.05) is 5.32 Å². The fourth-order valence-corrected chi connectivity index (χ4v) is 6.04. The smallest absolute Gasteiger partial charge is 0.405 e. The van der Waals surface area contributed by atoms with E-state index in [4.69, 9.17) is 32.7 Å². The number of rotatable bonds is 18. The number of benzene rings is 2. The topological polar surface area (TPSA) is 207 Å². The molecule has 2 aromatic rings. The summed E-state index contributed by atoms with van der Waals surface area (Å²) in [4.78, 5) is 50.6. The first-order valence-corrected chi connectivity index (χ1v) is 16.3. The molecule has 18 heteroatoms. The van der Waals surface area contributed by atoms with E-state index in [0.29, 0.717) is 18.8 Å². The average Bonchev–Trinajstić information content (AvgIpc) is 2.97. The van der Waals surface area contributed by atoms with Gasteiger partial charge in [0.15, 0.2) is 6.29 Å². The van der Waals surface area contributed by atoms with Gasteiger partial charge in [-0.05, 0) is 51.5 Å². The molecule has 0 radical (unpaired) electrons. The number of halogens is 2. The summed E-state index contributed by atoms with van der Waals surface area (Å²) >= 11 is 11.9. The molecule has 2 atom stereocenters. The number of nitro benzene ring substituents is 1. The molecule has 2 unspecified atom stereocenters. The minimum absolute atomic E-state index is 0.0106. The summed E-state index contributed by atoms with van der Waals surface area (Å²) < 4.78 is 39.2. The quantitative estimate of drug-likeness (QED) is 0.101. The number of carboxylic acid groups (broad SMARTS) is 1. The van der Waals surface area contributed by atoms with Crippen LogP contribution in [-0.4, -0.2) is 92.0 Å². The summed E-state index contributed by atoms with van der Waals surface area (Å²) in [5, 5.41) is 25.0. The maximum absolute atomic E-state index is 14.0. The summed E-state index contributed by atoms with van der Waals surface area (Å²) in [6.07, 6.45) is -2.57. The van der Waals surface area contributed by atoms with Gasteiger partial charge in [0, 0.05) is 49.4 Å². The Morgan fingerprint density at radius 1 is 1.00 bits per heavy atom. The molecule has 254 valence electrons. The number of carbonyl (C=O) groups is 3. The number of nitrogens with one attached hydrogen (secondary N) is 3. The molecule has 2 aromatic carbocycles. The van der Waals surface area contributed by atoms with Crippen LogP contribution >= 0.6 is 23.2 Å². The number of non-ortho nitro benzene ring substituents is 1. The number of nitro groups is 1. The third-order valence-corrected chi connectivity index (χ3v) is 8.58. The van der Waals surface area contributed by atoms with Gasteiger partial charge in [-0.1, -0.05) is 35.3 Å². The average molecular weight is 707 g/mol. The van der Waals surface area contributed by atoms with Gasteiger partial charge in [0.25, 0.3) is 5.69 Å². The predicted molar refractivity (Wildman–Crippen MR) is 169 cm³/mol. The first kappa shape index (κ1) is 38.6. The van der Waals surface area contributed by atoms with E-state index in [9.17, 15) is 38.0 Å². The minimum atomic E-state index is -4.34. The number of carbonyl (C=O) groups excluding carboxylic acids is 2. The first-order chi connectivity index (χ1) is 21.6. The van der Waals surface area contributed by atoms with Gasteiger partial charge in [0.1, 0.15) is 17.0 Å². The predicted octanol–water partition coefficient (Wildman–Crippen LogP) is 3.18. The normalized spacial score (nSPS) is 12.9. The number of hydrogen-bond donors (Lipinski definition) is 4. The highest BCUT2D eigenvalue weighted by Crippen LogP contribution is 2.24. The Morgan fingerprint density at radius 2 is 1.61 bits per heavy atom. The van der Waals surface area contributed by atoms with Gasteiger partial charge in [-0.3, -0.25) is 19.7 Å². The number of hydrogen-bond acceptors (Lipinski definition) is 9. The minimum Gasteiger partial charge on any atom is -0.465 e. The Hall–Kier alpha value is -3.54. The van der Waals surface area contributed by atoms with Crippen molar-refractivity contribution in [2.45, 2.75) is 63.4 Å². The van der Waals surface area contributed by atoms with E-state index in [2.05, 4.69) is 10.0 Å². The molecule has 0 saturated carbocycles. The molecule has 0 aliphatic carbocycles. The van der Waals surface area contributed by atoms with Gasteiger partial charge < -0.3 is 30.1 Å². The van der Waals surface area contributed by atoms with Crippen molar-refractivity contribution in [3.63, 3.8) is 0 Å². The third kappa shape index (κ3) is 11.7. The molecule has 4 N–H and O–H groups in total. The van der Waals surface area contributed by atoms with Crippen LogP contribution < -0.4 is 15.4 Å². The summed E-state index contributed by atoms with van der Waals surface area (Å²) in [5.74, 6) is -1.61. The Kier molecular flexibility index (Phi) is 15.1. The number of nitrogens with zero attached hydrogens (tertiary/aromatic N) is 2. The van der Waals surface area contributed by atoms with Crippen LogP contribution in [0.2, 0.25) is 10.0 Å². The zero-order chi connectivity index (χ0) is 34.6. The van der Waals surface area contributed by atoms with Crippen LogP contribution in [0.4, 0.5) is 10.5 Å². The molecule has 3 amide bonds. The SMILES string of the molecule is CCOC(CN(C(=O)C(Cc1ccc([N+](=O)[O-])cc1)NC(=O)C(CNS(=O)(=O)c1ccc(Cl)cc1Cl)NC(=O)O)C(C)C)OCC. The van der Waals surface area contributed by atoms with Crippen LogP contribution in [0.15, 0.2) is 47.4 Å². The molecule has 46 heavy (non-hydrogen) atoms. The molecule has 0 fully saturated rings. The molecular weight excluding hydrogens is 669 g/mol. The Balaban J connectivity index is 2.41. The summed E-state index contributed by atoms with van der Waals surface area (Å²) in [6, 6.07) is 5.54. The molecule has 0 aliphatic heterocycles. The maximum atomic E-state index is 14.0. The summed E-state index contributed by atoms with van der Waals surface area (Å²) in [7, 11) is -4.34. The van der Waals surface area contributed by atoms with Crippen molar-refractivity contribution in [2.24, 2.45) is 0 Å². The van der Waals surface area contributed by atoms with Crippen molar-refractivity contribution in [1.29, 1.82) is 0 Å². The van der Waals surface area contributed by atoms with Crippen molar-refractivity contribution < 1.29 is 42.3 Å². The van der Waals surface area contributed by atoms with Crippen molar-refractivity contribution in [2.75, 3.05) is 26.3 Å². The molecule has 0 heterocycles. The fourth-order valence-electron chi connectivity index (χ4n) is 4.23. The maximum Gasteiger partial charge on any atom is 0.405 e. The van der Waals surface area contributed by atoms with E-state index in [-0.39, 0.29) is 33.6 Å². The lowest BCUT2D eigenvalue weighted by atomic mass is 10.0. The largest absolute Gasteiger partial charge is 0.465 e. The zero-order valence-corrected chi connectivity index (χ0v) is 27.9. The zero-order valence-electron chi connectivity index (χ0n) is 25.6. The van der Waals surface area contributed by atoms with Crippen molar-refractivity contribution in [1.82, 2.24) is 20.3 Å². The van der Waals surface area contributed by atoms with Gasteiger partial charge in [-0.2, -0.15) is 0 Å². The molecule has 15 nitrogen and oxygen atoms in total. The Bertz CT molecular complexity index is 1470. The van der Waals surface area contributed by atoms with E-state index >= 15 is 0 Å². The van der Waals surface area contributed by atoms with Gasteiger partial charge >= 0.3 is 6.09 Å². The molecular formula is C28H37Cl2N5O10S. The van der Waals surface area contributed by atoms with Gasteiger partial charge in [-0.15, -0.1) is 0 Å². The monoisotopic (exact) mass is 705 g/mol. The highest BCUT2D eigenvalue weighted by molar-refractivity contribution is 7.89. The van der Waals surface area contributed by atoms with E-state index in [1.54, 1.807) is 27.7 Å². The standard InChI is InChI=1S/C28H37Cl2N5O10S/c1-5-44-25(45-6-2)16-34(17(3)4)27(37)22(13-18-7-10-20(11-8-18)35(40)41)32-26(36)23(33-28(38)39)15-31-46(42,43)24-12-9-19(29)14-21(24)30/h7-12,14,17,22-23,25,31,33H,5-6,13,15-16H2,1-4H3,(H,32,36)(H,38,39). The highest BCUT2D eigenvalue weighted by atomic mass is 35.5. The van der Waals surface area contributed by atoms with Crippen molar-refractivity contribution >= 4 is 56.8 Å². The van der Waals surface area contributed by atoms with E-state index in [0.717, 1.165) is 6.07 Å². The fraction of sp³-hybridized carbons (Fsp3) is 0.464. The summed E-state index contributed by atoms with van der Waals surface area (Å²) in [5.41, 5.74) is 0.259. The molecule has 2 rings (SSSR count). The lowest BCUT2D eigenvalue weighted by Gasteiger charge is -2.34.